The fourth-order valence-electron chi connectivity index (χ4n) is 3.19. The second-order valence-corrected chi connectivity index (χ2v) is 5.53. The van der Waals surface area contributed by atoms with Crippen LogP contribution in [0.15, 0.2) is 23.0 Å². The number of benzene rings is 1. The number of aromatic nitrogens is 2. The Morgan fingerprint density at radius 3 is 2.80 bits per heavy atom. The first kappa shape index (κ1) is 13.0. The summed E-state index contributed by atoms with van der Waals surface area (Å²) in [5.74, 6) is -0.311. The van der Waals surface area contributed by atoms with Gasteiger partial charge in [0.2, 0.25) is 0 Å². The molecule has 0 spiro atoms. The summed E-state index contributed by atoms with van der Waals surface area (Å²) >= 11 is 0. The molecule has 0 aliphatic heterocycles. The Labute approximate surface area is 116 Å². The fraction of sp³-hybridized carbons (Fsp3) is 0.467. The number of aromatic carboxylic acids is 1. The summed E-state index contributed by atoms with van der Waals surface area (Å²) < 4.78 is 1.67. The maximum Gasteiger partial charge on any atom is 0.337 e. The van der Waals surface area contributed by atoms with Crippen LogP contribution in [0.4, 0.5) is 0 Å². The number of aryl methyl sites for hydroxylation is 1. The van der Waals surface area contributed by atoms with Gasteiger partial charge in [-0.25, -0.2) is 9.59 Å². The maximum atomic E-state index is 12.0. The van der Waals surface area contributed by atoms with Crippen molar-refractivity contribution in [3.63, 3.8) is 0 Å². The Hall–Kier alpha value is -2.04. The highest BCUT2D eigenvalue weighted by Crippen LogP contribution is 2.28. The van der Waals surface area contributed by atoms with Gasteiger partial charge in [0.05, 0.1) is 16.6 Å². The number of hydrogen-bond donors (Lipinski definition) is 2. The molecule has 5 heteroatoms. The average Bonchev–Trinajstić information content (AvgIpc) is 3.02. The summed E-state index contributed by atoms with van der Waals surface area (Å²) in [7, 11) is 0. The molecule has 5 nitrogen and oxygen atoms in total. The molecule has 1 saturated carbocycles. The zero-order valence-corrected chi connectivity index (χ0v) is 11.3. The normalized spacial score (nSPS) is 16.0. The van der Waals surface area contributed by atoms with Gasteiger partial charge in [-0.05, 0) is 24.5 Å². The van der Waals surface area contributed by atoms with Gasteiger partial charge in [0, 0.05) is 6.54 Å². The van der Waals surface area contributed by atoms with E-state index in [4.69, 9.17) is 5.11 Å². The van der Waals surface area contributed by atoms with E-state index in [1.807, 2.05) is 0 Å². The summed E-state index contributed by atoms with van der Waals surface area (Å²) in [6, 6.07) is 5.00. The second kappa shape index (κ2) is 5.15. The standard InChI is InChI=1S/C15H18N2O3/c18-14(19)11-6-3-7-12-13(11)16-15(20)17(12)9-8-10-4-1-2-5-10/h3,6-7,10H,1-2,4-5,8-9H2,(H,16,20)(H,18,19). The van der Waals surface area contributed by atoms with Gasteiger partial charge in [0.25, 0.3) is 0 Å². The van der Waals surface area contributed by atoms with Crippen LogP contribution >= 0.6 is 0 Å². The molecule has 0 radical (unpaired) electrons. The molecule has 1 aromatic heterocycles. The third-order valence-corrected chi connectivity index (χ3v) is 4.28. The molecule has 0 saturated heterocycles. The van der Waals surface area contributed by atoms with Crippen LogP contribution < -0.4 is 5.69 Å². The van der Waals surface area contributed by atoms with Gasteiger partial charge in [0.1, 0.15) is 0 Å². The van der Waals surface area contributed by atoms with Gasteiger partial charge in [0.15, 0.2) is 0 Å². The van der Waals surface area contributed by atoms with Crippen LogP contribution in [0.1, 0.15) is 42.5 Å². The highest BCUT2D eigenvalue weighted by Gasteiger charge is 2.17. The lowest BCUT2D eigenvalue weighted by Gasteiger charge is -2.09. The van der Waals surface area contributed by atoms with Crippen LogP contribution in [0.25, 0.3) is 11.0 Å². The van der Waals surface area contributed by atoms with Crippen LogP contribution in [0.5, 0.6) is 0 Å². The first-order valence-corrected chi connectivity index (χ1v) is 7.11. The number of imidazole rings is 1. The molecule has 1 aromatic carbocycles. The van der Waals surface area contributed by atoms with E-state index < -0.39 is 5.97 Å². The number of nitrogens with zero attached hydrogens (tertiary/aromatic N) is 1. The third-order valence-electron chi connectivity index (χ3n) is 4.28. The van der Waals surface area contributed by atoms with E-state index in [2.05, 4.69) is 4.98 Å². The van der Waals surface area contributed by atoms with E-state index in [1.54, 1.807) is 16.7 Å². The Bertz CT molecular complexity index is 693. The molecule has 0 bridgehead atoms. The van der Waals surface area contributed by atoms with Crippen molar-refractivity contribution in [1.29, 1.82) is 0 Å². The van der Waals surface area contributed by atoms with Gasteiger partial charge >= 0.3 is 11.7 Å². The molecule has 3 rings (SSSR count). The van der Waals surface area contributed by atoms with E-state index >= 15 is 0 Å². The zero-order valence-electron chi connectivity index (χ0n) is 11.3. The molecule has 0 unspecified atom stereocenters. The van der Waals surface area contributed by atoms with Crippen molar-refractivity contribution in [3.05, 3.63) is 34.2 Å². The van der Waals surface area contributed by atoms with E-state index in [0.29, 0.717) is 23.5 Å². The minimum absolute atomic E-state index is 0.152. The van der Waals surface area contributed by atoms with Gasteiger partial charge < -0.3 is 10.1 Å². The van der Waals surface area contributed by atoms with Crippen molar-refractivity contribution < 1.29 is 9.90 Å². The molecular weight excluding hydrogens is 256 g/mol. The fourth-order valence-corrected chi connectivity index (χ4v) is 3.19. The number of rotatable bonds is 4. The quantitative estimate of drug-likeness (QED) is 0.899. The third kappa shape index (κ3) is 2.24. The zero-order chi connectivity index (χ0) is 14.1. The topological polar surface area (TPSA) is 75.1 Å². The highest BCUT2D eigenvalue weighted by atomic mass is 16.4. The molecule has 20 heavy (non-hydrogen) atoms. The van der Waals surface area contributed by atoms with Crippen molar-refractivity contribution >= 4 is 17.0 Å². The number of aromatic amines is 1. The average molecular weight is 274 g/mol. The first-order chi connectivity index (χ1) is 9.66. The SMILES string of the molecule is O=C(O)c1cccc2c1[nH]c(=O)n2CCC1CCCC1. The number of fused-ring (bicyclic) bond motifs is 1. The number of H-pyrrole nitrogens is 1. The Morgan fingerprint density at radius 2 is 2.10 bits per heavy atom. The smallest absolute Gasteiger partial charge is 0.337 e. The number of hydrogen-bond acceptors (Lipinski definition) is 2. The van der Waals surface area contributed by atoms with Gasteiger partial charge in [-0.15, -0.1) is 0 Å². The molecule has 1 aliphatic carbocycles. The lowest BCUT2D eigenvalue weighted by atomic mass is 10.0. The first-order valence-electron chi connectivity index (χ1n) is 7.11. The molecule has 0 amide bonds. The van der Waals surface area contributed by atoms with Crippen molar-refractivity contribution in [1.82, 2.24) is 9.55 Å². The van der Waals surface area contributed by atoms with Crippen molar-refractivity contribution in [2.24, 2.45) is 5.92 Å². The number of carboxylic acids is 1. The molecule has 106 valence electrons. The predicted molar refractivity (Wildman–Crippen MR) is 76.1 cm³/mol. The number of carboxylic acid groups (broad SMARTS) is 1. The Balaban J connectivity index is 1.94. The summed E-state index contributed by atoms with van der Waals surface area (Å²) in [4.78, 5) is 25.9. The number of nitrogens with one attached hydrogen (secondary N) is 1. The molecule has 1 aliphatic rings. The van der Waals surface area contributed by atoms with Crippen LogP contribution in [0.3, 0.4) is 0 Å². The summed E-state index contributed by atoms with van der Waals surface area (Å²) in [5.41, 5.74) is 1.05. The predicted octanol–water partition coefficient (Wildman–Crippen LogP) is 2.61. The minimum Gasteiger partial charge on any atom is -0.478 e. The summed E-state index contributed by atoms with van der Waals surface area (Å²) in [5, 5.41) is 9.15. The maximum absolute atomic E-state index is 12.0. The van der Waals surface area contributed by atoms with Crippen molar-refractivity contribution in [3.8, 4) is 0 Å². The summed E-state index contributed by atoms with van der Waals surface area (Å²) in [6.45, 7) is 0.659. The van der Waals surface area contributed by atoms with Crippen LogP contribution in [-0.2, 0) is 6.54 Å². The van der Waals surface area contributed by atoms with Crippen LogP contribution in [0.2, 0.25) is 0 Å². The number of para-hydroxylation sites is 1. The minimum atomic E-state index is -1.01. The van der Waals surface area contributed by atoms with Gasteiger partial charge in [-0.3, -0.25) is 4.57 Å². The van der Waals surface area contributed by atoms with Gasteiger partial charge in [-0.1, -0.05) is 31.7 Å². The van der Waals surface area contributed by atoms with E-state index in [-0.39, 0.29) is 11.3 Å². The van der Waals surface area contributed by atoms with Crippen LogP contribution in [-0.4, -0.2) is 20.6 Å². The van der Waals surface area contributed by atoms with Gasteiger partial charge in [-0.2, -0.15) is 0 Å². The Morgan fingerprint density at radius 1 is 1.35 bits per heavy atom. The lowest BCUT2D eigenvalue weighted by molar-refractivity contribution is 0.0699. The van der Waals surface area contributed by atoms with Crippen molar-refractivity contribution in [2.75, 3.05) is 0 Å². The highest BCUT2D eigenvalue weighted by molar-refractivity contribution is 6.00. The van der Waals surface area contributed by atoms with Crippen LogP contribution in [0, 0.1) is 5.92 Å². The van der Waals surface area contributed by atoms with E-state index in [9.17, 15) is 9.59 Å². The molecular formula is C15H18N2O3. The molecule has 0 atom stereocenters. The molecule has 2 aromatic rings. The number of carbonyl (C=O) groups is 1. The second-order valence-electron chi connectivity index (χ2n) is 5.53. The van der Waals surface area contributed by atoms with E-state index in [1.165, 1.54) is 31.7 Å². The summed E-state index contributed by atoms with van der Waals surface area (Å²) in [6.07, 6.45) is 6.06. The Kier molecular flexibility index (Phi) is 3.34. The van der Waals surface area contributed by atoms with Crippen molar-refractivity contribution in [2.45, 2.75) is 38.6 Å². The molecule has 1 heterocycles. The largest absolute Gasteiger partial charge is 0.478 e. The molecule has 1 fully saturated rings. The lowest BCUT2D eigenvalue weighted by Crippen LogP contribution is -2.18. The molecule has 2 N–H and O–H groups in total. The van der Waals surface area contributed by atoms with E-state index in [0.717, 1.165) is 6.42 Å². The monoisotopic (exact) mass is 274 g/mol.